The van der Waals surface area contributed by atoms with Crippen LogP contribution in [0.2, 0.25) is 0 Å². The van der Waals surface area contributed by atoms with Gasteiger partial charge in [0.1, 0.15) is 5.75 Å². The summed E-state index contributed by atoms with van der Waals surface area (Å²) < 4.78 is 27.8. The number of primary sulfonamides is 1. The zero-order chi connectivity index (χ0) is 18.7. The highest BCUT2D eigenvalue weighted by atomic mass is 32.2. The van der Waals surface area contributed by atoms with Crippen molar-refractivity contribution in [2.24, 2.45) is 5.14 Å². The third-order valence-electron chi connectivity index (χ3n) is 4.66. The number of nitrogens with zero attached hydrogens (tertiary/aromatic N) is 1. The molecular formula is C19H22N2O4S. The molecule has 0 saturated carbocycles. The first kappa shape index (κ1) is 18.4. The Morgan fingerprint density at radius 1 is 1.15 bits per heavy atom. The lowest BCUT2D eigenvalue weighted by Gasteiger charge is -2.29. The summed E-state index contributed by atoms with van der Waals surface area (Å²) in [6.07, 6.45) is 1.79. The molecule has 0 spiro atoms. The van der Waals surface area contributed by atoms with Gasteiger partial charge in [0.2, 0.25) is 15.9 Å². The first-order valence-corrected chi connectivity index (χ1v) is 9.97. The molecular weight excluding hydrogens is 352 g/mol. The van der Waals surface area contributed by atoms with Crippen LogP contribution in [0.1, 0.15) is 23.1 Å². The Kier molecular flexibility index (Phi) is 5.29. The summed E-state index contributed by atoms with van der Waals surface area (Å²) in [5, 5.41) is 5.09. The normalized spacial score (nSPS) is 14.0. The number of sulfonamides is 1. The molecule has 0 fully saturated rings. The van der Waals surface area contributed by atoms with E-state index in [0.717, 1.165) is 23.3 Å². The topological polar surface area (TPSA) is 89.7 Å². The number of carbonyl (C=O) groups is 1. The lowest BCUT2D eigenvalue weighted by atomic mass is 9.99. The van der Waals surface area contributed by atoms with Crippen LogP contribution in [0.25, 0.3) is 0 Å². The van der Waals surface area contributed by atoms with Gasteiger partial charge in [0.25, 0.3) is 0 Å². The average Bonchev–Trinajstić information content (AvgIpc) is 2.64. The monoisotopic (exact) mass is 374 g/mol. The number of nitrogens with two attached hydrogens (primary N) is 1. The molecule has 0 bridgehead atoms. The van der Waals surface area contributed by atoms with E-state index in [0.29, 0.717) is 25.9 Å². The molecule has 2 aromatic carbocycles. The van der Waals surface area contributed by atoms with Gasteiger partial charge in [-0.2, -0.15) is 0 Å². The predicted octanol–water partition coefficient (Wildman–Crippen LogP) is 1.86. The summed E-state index contributed by atoms with van der Waals surface area (Å²) in [5.41, 5.74) is 3.29. The second-order valence-corrected chi connectivity index (χ2v) is 7.95. The maximum absolute atomic E-state index is 12.5. The third-order valence-corrected chi connectivity index (χ3v) is 5.59. The van der Waals surface area contributed by atoms with Crippen LogP contribution in [0.15, 0.2) is 47.4 Å². The van der Waals surface area contributed by atoms with Gasteiger partial charge in [0.05, 0.1) is 12.0 Å². The Bertz CT molecular complexity index is 908. The van der Waals surface area contributed by atoms with Crippen LogP contribution in [-0.4, -0.2) is 32.9 Å². The minimum Gasteiger partial charge on any atom is -0.497 e. The molecule has 0 unspecified atom stereocenters. The molecule has 138 valence electrons. The molecule has 26 heavy (non-hydrogen) atoms. The fourth-order valence-electron chi connectivity index (χ4n) is 3.13. The lowest BCUT2D eigenvalue weighted by molar-refractivity contribution is -0.132. The Morgan fingerprint density at radius 2 is 1.88 bits per heavy atom. The van der Waals surface area contributed by atoms with E-state index >= 15 is 0 Å². The summed E-state index contributed by atoms with van der Waals surface area (Å²) in [6, 6.07) is 12.3. The van der Waals surface area contributed by atoms with Crippen molar-refractivity contribution in [2.45, 2.75) is 30.7 Å². The highest BCUT2D eigenvalue weighted by molar-refractivity contribution is 7.89. The van der Waals surface area contributed by atoms with Crippen molar-refractivity contribution in [3.05, 3.63) is 59.2 Å². The number of hydrogen-bond acceptors (Lipinski definition) is 4. The molecule has 3 rings (SSSR count). The summed E-state index contributed by atoms with van der Waals surface area (Å²) in [4.78, 5) is 14.5. The molecule has 1 aliphatic rings. The minimum atomic E-state index is -3.69. The number of benzene rings is 2. The number of amides is 1. The van der Waals surface area contributed by atoms with E-state index in [2.05, 4.69) is 6.07 Å². The van der Waals surface area contributed by atoms with Gasteiger partial charge < -0.3 is 9.64 Å². The van der Waals surface area contributed by atoms with Gasteiger partial charge in [-0.25, -0.2) is 13.6 Å². The van der Waals surface area contributed by atoms with Gasteiger partial charge in [-0.05, 0) is 53.8 Å². The van der Waals surface area contributed by atoms with Crippen LogP contribution in [0.4, 0.5) is 0 Å². The van der Waals surface area contributed by atoms with Crippen LogP contribution in [-0.2, 0) is 34.2 Å². The van der Waals surface area contributed by atoms with Crippen molar-refractivity contribution < 1.29 is 17.9 Å². The van der Waals surface area contributed by atoms with E-state index < -0.39 is 10.0 Å². The molecule has 7 heteroatoms. The van der Waals surface area contributed by atoms with Gasteiger partial charge in [-0.3, -0.25) is 4.79 Å². The van der Waals surface area contributed by atoms with Crippen molar-refractivity contribution in [3.63, 3.8) is 0 Å². The fraction of sp³-hybridized carbons (Fsp3) is 0.316. The van der Waals surface area contributed by atoms with Crippen LogP contribution in [0.3, 0.4) is 0 Å². The number of methoxy groups -OCH3 is 1. The number of fused-ring (bicyclic) bond motifs is 1. The molecule has 2 aromatic rings. The van der Waals surface area contributed by atoms with E-state index in [1.54, 1.807) is 19.2 Å². The summed E-state index contributed by atoms with van der Waals surface area (Å²) in [6.45, 7) is 1.30. The van der Waals surface area contributed by atoms with Gasteiger partial charge in [-0.1, -0.05) is 18.2 Å². The van der Waals surface area contributed by atoms with Crippen molar-refractivity contribution in [3.8, 4) is 5.75 Å². The summed E-state index contributed by atoms with van der Waals surface area (Å²) in [5.74, 6) is 0.891. The number of rotatable bonds is 5. The van der Waals surface area contributed by atoms with E-state index in [-0.39, 0.29) is 10.8 Å². The van der Waals surface area contributed by atoms with Crippen molar-refractivity contribution >= 4 is 15.9 Å². The maximum Gasteiger partial charge on any atom is 0.238 e. The molecule has 6 nitrogen and oxygen atoms in total. The highest BCUT2D eigenvalue weighted by Crippen LogP contribution is 2.24. The molecule has 0 aromatic heterocycles. The summed E-state index contributed by atoms with van der Waals surface area (Å²) >= 11 is 0. The Morgan fingerprint density at radius 3 is 2.54 bits per heavy atom. The van der Waals surface area contributed by atoms with E-state index in [1.807, 2.05) is 17.0 Å². The molecule has 0 atom stereocenters. The molecule has 0 aliphatic carbocycles. The second kappa shape index (κ2) is 7.47. The van der Waals surface area contributed by atoms with E-state index in [1.165, 1.54) is 17.7 Å². The summed E-state index contributed by atoms with van der Waals surface area (Å²) in [7, 11) is -2.05. The Balaban J connectivity index is 1.60. The molecule has 1 amide bonds. The number of ether oxygens (including phenoxy) is 1. The zero-order valence-corrected chi connectivity index (χ0v) is 15.5. The van der Waals surface area contributed by atoms with E-state index in [4.69, 9.17) is 9.88 Å². The number of carbonyl (C=O) groups excluding carboxylic acids is 1. The smallest absolute Gasteiger partial charge is 0.238 e. The van der Waals surface area contributed by atoms with Gasteiger partial charge >= 0.3 is 0 Å². The molecule has 2 N–H and O–H groups in total. The largest absolute Gasteiger partial charge is 0.497 e. The van der Waals surface area contributed by atoms with Gasteiger partial charge in [0, 0.05) is 19.5 Å². The fourth-order valence-corrected chi connectivity index (χ4v) is 3.64. The van der Waals surface area contributed by atoms with Gasteiger partial charge in [0.15, 0.2) is 0 Å². The second-order valence-electron chi connectivity index (χ2n) is 6.39. The Hall–Kier alpha value is -2.38. The standard InChI is InChI=1S/C19H22N2O4S/c1-25-17-6-5-15-10-11-21(13-16(15)12-17)19(22)9-4-14-2-7-18(8-3-14)26(20,23)24/h2-3,5-8,12H,4,9-11,13H2,1H3,(H2,20,23,24). The predicted molar refractivity (Wildman–Crippen MR) is 98.3 cm³/mol. The SMILES string of the molecule is COc1ccc2c(c1)CN(C(=O)CCc1ccc(S(N)(=O)=O)cc1)CC2. The molecule has 1 heterocycles. The van der Waals surface area contributed by atoms with Crippen LogP contribution >= 0.6 is 0 Å². The first-order valence-electron chi connectivity index (χ1n) is 8.42. The molecule has 0 radical (unpaired) electrons. The zero-order valence-electron chi connectivity index (χ0n) is 14.6. The van der Waals surface area contributed by atoms with Crippen molar-refractivity contribution in [2.75, 3.05) is 13.7 Å². The van der Waals surface area contributed by atoms with Crippen molar-refractivity contribution in [1.29, 1.82) is 0 Å². The number of hydrogen-bond donors (Lipinski definition) is 1. The highest BCUT2D eigenvalue weighted by Gasteiger charge is 2.21. The maximum atomic E-state index is 12.5. The molecule has 0 saturated heterocycles. The van der Waals surface area contributed by atoms with Crippen LogP contribution < -0.4 is 9.88 Å². The first-order chi connectivity index (χ1) is 12.4. The van der Waals surface area contributed by atoms with Crippen LogP contribution in [0.5, 0.6) is 5.75 Å². The average molecular weight is 374 g/mol. The minimum absolute atomic E-state index is 0.0779. The number of aryl methyl sites for hydroxylation is 1. The van der Waals surface area contributed by atoms with E-state index in [9.17, 15) is 13.2 Å². The van der Waals surface area contributed by atoms with Crippen LogP contribution in [0, 0.1) is 0 Å². The molecule has 1 aliphatic heterocycles. The quantitative estimate of drug-likeness (QED) is 0.865. The lowest BCUT2D eigenvalue weighted by Crippen LogP contribution is -2.36. The Labute approximate surface area is 153 Å². The van der Waals surface area contributed by atoms with Crippen molar-refractivity contribution in [1.82, 2.24) is 4.90 Å². The van der Waals surface area contributed by atoms with Gasteiger partial charge in [-0.15, -0.1) is 0 Å². The third kappa shape index (κ3) is 4.23.